The summed E-state index contributed by atoms with van der Waals surface area (Å²) in [6.45, 7) is 12.6. The van der Waals surface area contributed by atoms with Crippen molar-refractivity contribution in [1.29, 1.82) is 0 Å². The number of carbonyl (C=O) groups is 5. The normalized spacial score (nSPS) is 45.6. The Bertz CT molecular complexity index is 1080. The van der Waals surface area contributed by atoms with Crippen molar-refractivity contribution in [3.8, 4) is 0 Å². The lowest BCUT2D eigenvalue weighted by molar-refractivity contribution is -0.221. The first-order valence-electron chi connectivity index (χ1n) is 14.1. The van der Waals surface area contributed by atoms with E-state index in [1.54, 1.807) is 20.8 Å². The molecule has 11 atom stereocenters. The number of carboxylic acid groups (broad SMARTS) is 1. The van der Waals surface area contributed by atoms with Crippen LogP contribution >= 0.6 is 0 Å². The molecule has 0 bridgehead atoms. The molecule has 4 aliphatic rings. The Morgan fingerprint density at radius 2 is 1.58 bits per heavy atom. The molecular formula is C30H44O8. The predicted octanol–water partition coefficient (Wildman–Crippen LogP) is 3.25. The molecule has 0 saturated heterocycles. The number of Topliss-reactive ketones (excluding diaryl/α,β-unsaturated/α-hetero) is 4. The van der Waals surface area contributed by atoms with E-state index in [2.05, 4.69) is 0 Å². The summed E-state index contributed by atoms with van der Waals surface area (Å²) >= 11 is 0. The van der Waals surface area contributed by atoms with Crippen molar-refractivity contribution in [2.24, 2.45) is 57.2 Å². The van der Waals surface area contributed by atoms with E-state index < -0.39 is 81.0 Å². The van der Waals surface area contributed by atoms with Gasteiger partial charge in [0.1, 0.15) is 11.6 Å². The molecule has 3 N–H and O–H groups in total. The Morgan fingerprint density at radius 3 is 2.16 bits per heavy atom. The van der Waals surface area contributed by atoms with Crippen molar-refractivity contribution in [1.82, 2.24) is 0 Å². The highest BCUT2D eigenvalue weighted by Gasteiger charge is 2.77. The van der Waals surface area contributed by atoms with Gasteiger partial charge in [-0.1, -0.05) is 48.5 Å². The molecule has 0 radical (unpaired) electrons. The molecule has 0 heterocycles. The number of carbonyl (C=O) groups excluding carboxylic acids is 4. The molecule has 4 rings (SSSR count). The highest BCUT2D eigenvalue weighted by molar-refractivity contribution is 6.42. The third-order valence-electron chi connectivity index (χ3n) is 12.1. The van der Waals surface area contributed by atoms with Crippen molar-refractivity contribution < 1.29 is 39.3 Å². The fraction of sp³-hybridized carbons (Fsp3) is 0.833. The van der Waals surface area contributed by atoms with E-state index in [1.807, 2.05) is 20.8 Å². The van der Waals surface area contributed by atoms with Crippen LogP contribution in [-0.4, -0.2) is 56.6 Å². The number of aliphatic carboxylic acids is 1. The van der Waals surface area contributed by atoms with Gasteiger partial charge in [-0.05, 0) is 47.8 Å². The van der Waals surface area contributed by atoms with Gasteiger partial charge in [0, 0.05) is 36.5 Å². The molecule has 0 spiro atoms. The van der Waals surface area contributed by atoms with E-state index >= 15 is 0 Å². The van der Waals surface area contributed by atoms with Gasteiger partial charge in [-0.15, -0.1) is 0 Å². The van der Waals surface area contributed by atoms with E-state index in [0.29, 0.717) is 19.3 Å². The van der Waals surface area contributed by atoms with Gasteiger partial charge in [0.15, 0.2) is 0 Å². The molecule has 38 heavy (non-hydrogen) atoms. The maximum absolute atomic E-state index is 14.2. The molecule has 0 aromatic carbocycles. The summed E-state index contributed by atoms with van der Waals surface area (Å²) in [5.41, 5.74) is -3.84. The molecular weight excluding hydrogens is 488 g/mol. The summed E-state index contributed by atoms with van der Waals surface area (Å²) < 4.78 is 0. The van der Waals surface area contributed by atoms with Crippen LogP contribution in [0.25, 0.3) is 0 Å². The van der Waals surface area contributed by atoms with Crippen LogP contribution in [0.1, 0.15) is 87.0 Å². The minimum absolute atomic E-state index is 0.0191. The van der Waals surface area contributed by atoms with E-state index in [1.165, 1.54) is 6.92 Å². The maximum Gasteiger partial charge on any atom is 0.306 e. The lowest BCUT2D eigenvalue weighted by Crippen LogP contribution is -2.71. The van der Waals surface area contributed by atoms with Crippen LogP contribution in [0.4, 0.5) is 0 Å². The van der Waals surface area contributed by atoms with Gasteiger partial charge in [0.2, 0.25) is 11.6 Å². The van der Waals surface area contributed by atoms with Gasteiger partial charge in [-0.3, -0.25) is 24.0 Å². The molecule has 212 valence electrons. The Labute approximate surface area is 224 Å². The van der Waals surface area contributed by atoms with Crippen LogP contribution in [0.5, 0.6) is 0 Å². The molecule has 4 saturated carbocycles. The molecule has 0 aromatic rings. The number of carboxylic acids is 1. The number of aliphatic hydroxyl groups excluding tert-OH is 2. The molecule has 8 heteroatoms. The van der Waals surface area contributed by atoms with Gasteiger partial charge in [0.25, 0.3) is 0 Å². The second kappa shape index (κ2) is 9.05. The van der Waals surface area contributed by atoms with Gasteiger partial charge in [-0.25, -0.2) is 0 Å². The number of ketones is 4. The van der Waals surface area contributed by atoms with Crippen molar-refractivity contribution in [3.05, 3.63) is 0 Å². The molecule has 3 unspecified atom stereocenters. The van der Waals surface area contributed by atoms with E-state index in [-0.39, 0.29) is 36.7 Å². The summed E-state index contributed by atoms with van der Waals surface area (Å²) in [5.74, 6) is -6.14. The maximum atomic E-state index is 14.2. The molecule has 0 aromatic heterocycles. The average molecular weight is 533 g/mol. The smallest absolute Gasteiger partial charge is 0.306 e. The van der Waals surface area contributed by atoms with Crippen molar-refractivity contribution in [3.63, 3.8) is 0 Å². The fourth-order valence-electron chi connectivity index (χ4n) is 9.63. The second-order valence-corrected chi connectivity index (χ2v) is 14.2. The standard InChI is InChI=1S/C30H44O8/c1-14(10-16(31)11-15(2)26(37)38)17-12-21(34)30(7)22-18(32)13-19-27(3,4)20(33)8-9-28(19,5)23(22)24(35)25(36)29(17,30)6/h14-15,17-20,22-23,32-33H,8-13H2,1-7H3,(H,37,38)/t14-,15?,17-,18+,19+,20+,22?,23?,28+,29+,30+/m1/s1. The highest BCUT2D eigenvalue weighted by Crippen LogP contribution is 2.72. The minimum atomic E-state index is -1.37. The summed E-state index contributed by atoms with van der Waals surface area (Å²) in [5, 5.41) is 31.6. The monoisotopic (exact) mass is 532 g/mol. The highest BCUT2D eigenvalue weighted by atomic mass is 16.4. The lowest BCUT2D eigenvalue weighted by Gasteiger charge is -2.66. The summed E-state index contributed by atoms with van der Waals surface area (Å²) in [4.78, 5) is 66.1. The number of hydrogen-bond acceptors (Lipinski definition) is 7. The van der Waals surface area contributed by atoms with Crippen molar-refractivity contribution in [2.45, 2.75) is 99.2 Å². The van der Waals surface area contributed by atoms with Crippen molar-refractivity contribution >= 4 is 29.1 Å². The zero-order chi connectivity index (χ0) is 28.7. The molecule has 4 aliphatic carbocycles. The molecule has 0 amide bonds. The van der Waals surface area contributed by atoms with E-state index in [0.717, 1.165) is 0 Å². The number of aliphatic hydroxyl groups is 2. The van der Waals surface area contributed by atoms with Crippen LogP contribution in [0.3, 0.4) is 0 Å². The van der Waals surface area contributed by atoms with Crippen LogP contribution < -0.4 is 0 Å². The summed E-state index contributed by atoms with van der Waals surface area (Å²) in [7, 11) is 0. The van der Waals surface area contributed by atoms with Gasteiger partial charge >= 0.3 is 5.97 Å². The zero-order valence-corrected chi connectivity index (χ0v) is 23.7. The van der Waals surface area contributed by atoms with Crippen molar-refractivity contribution in [2.75, 3.05) is 0 Å². The first kappa shape index (κ1) is 29.1. The third kappa shape index (κ3) is 3.65. The fourth-order valence-corrected chi connectivity index (χ4v) is 9.63. The third-order valence-corrected chi connectivity index (χ3v) is 12.1. The molecule has 8 nitrogen and oxygen atoms in total. The van der Waals surface area contributed by atoms with E-state index in [9.17, 15) is 39.3 Å². The first-order valence-corrected chi connectivity index (χ1v) is 14.1. The molecule has 0 aliphatic heterocycles. The second-order valence-electron chi connectivity index (χ2n) is 14.2. The number of hydrogen-bond donors (Lipinski definition) is 3. The SMILES string of the molecule is CC(CC(=O)C[C@@H](C)[C@H]1CC(=O)[C@@]2(C)C3C(C(=O)C(=O)[C@]12C)[C@@]1(C)CC[C@H](O)C(C)(C)[C@@H]1C[C@@H]3O)C(=O)O. The van der Waals surface area contributed by atoms with Gasteiger partial charge in [0.05, 0.1) is 23.5 Å². The first-order chi connectivity index (χ1) is 17.4. The zero-order valence-electron chi connectivity index (χ0n) is 23.7. The van der Waals surface area contributed by atoms with Gasteiger partial charge in [-0.2, -0.15) is 0 Å². The number of fused-ring (bicyclic) bond motifs is 5. The number of rotatable bonds is 6. The Balaban J connectivity index is 1.74. The summed E-state index contributed by atoms with van der Waals surface area (Å²) in [6, 6.07) is 0. The van der Waals surface area contributed by atoms with Gasteiger partial charge < -0.3 is 15.3 Å². The Kier molecular flexibility index (Phi) is 6.92. The topological polar surface area (TPSA) is 146 Å². The largest absolute Gasteiger partial charge is 0.481 e. The molecule has 4 fully saturated rings. The minimum Gasteiger partial charge on any atom is -0.481 e. The summed E-state index contributed by atoms with van der Waals surface area (Å²) in [6.07, 6.45) is -0.286. The average Bonchev–Trinajstić information content (AvgIpc) is 3.03. The van der Waals surface area contributed by atoms with Crippen LogP contribution in [-0.2, 0) is 24.0 Å². The van der Waals surface area contributed by atoms with Crippen LogP contribution in [0, 0.1) is 57.2 Å². The Hall–Kier alpha value is -1.93. The van der Waals surface area contributed by atoms with E-state index in [4.69, 9.17) is 0 Å². The van der Waals surface area contributed by atoms with Crippen LogP contribution in [0.2, 0.25) is 0 Å². The predicted molar refractivity (Wildman–Crippen MR) is 138 cm³/mol. The van der Waals surface area contributed by atoms with Crippen LogP contribution in [0.15, 0.2) is 0 Å². The Morgan fingerprint density at radius 1 is 0.974 bits per heavy atom. The quantitative estimate of drug-likeness (QED) is 0.442. The lowest BCUT2D eigenvalue weighted by atomic mass is 9.36.